The normalized spacial score (nSPS) is 12.3. The number of amides is 1. The number of rotatable bonds is 7. The molecule has 0 saturated carbocycles. The summed E-state index contributed by atoms with van der Waals surface area (Å²) in [6.07, 6.45) is 0.729. The van der Waals surface area contributed by atoms with Crippen LogP contribution in [0.5, 0.6) is 0 Å². The minimum Gasteiger partial charge on any atom is -0.350 e. The highest BCUT2D eigenvalue weighted by atomic mass is 32.2. The molecular formula is C18H21N3O5S. The van der Waals surface area contributed by atoms with Gasteiger partial charge < -0.3 is 5.32 Å². The summed E-state index contributed by atoms with van der Waals surface area (Å²) in [5.74, 6) is -0.404. The van der Waals surface area contributed by atoms with E-state index in [0.717, 1.165) is 12.5 Å². The Morgan fingerprint density at radius 1 is 1.22 bits per heavy atom. The molecule has 27 heavy (non-hydrogen) atoms. The fraction of sp³-hybridized carbons (Fsp3) is 0.278. The van der Waals surface area contributed by atoms with Crippen LogP contribution in [0.3, 0.4) is 0 Å². The number of non-ortho nitro benzene ring substituents is 1. The van der Waals surface area contributed by atoms with Crippen LogP contribution in [0.25, 0.3) is 0 Å². The third-order valence-corrected chi connectivity index (χ3v) is 5.59. The van der Waals surface area contributed by atoms with Gasteiger partial charge >= 0.3 is 0 Å². The van der Waals surface area contributed by atoms with Crippen LogP contribution >= 0.6 is 0 Å². The Morgan fingerprint density at radius 3 is 2.52 bits per heavy atom. The SMILES string of the molecule is CC[C@H](C)NC(=O)c1ccccc1NS(=O)(=O)c1cc([N+](=O)[O-])ccc1C. The molecule has 2 aromatic carbocycles. The predicted molar refractivity (Wildman–Crippen MR) is 102 cm³/mol. The van der Waals surface area contributed by atoms with Crippen molar-refractivity contribution in [3.8, 4) is 0 Å². The predicted octanol–water partition coefficient (Wildman–Crippen LogP) is 3.23. The minimum atomic E-state index is -4.12. The molecule has 0 heterocycles. The lowest BCUT2D eigenvalue weighted by Gasteiger charge is -2.16. The van der Waals surface area contributed by atoms with Crippen molar-refractivity contribution < 1.29 is 18.1 Å². The number of nitro groups is 1. The van der Waals surface area contributed by atoms with Crippen LogP contribution < -0.4 is 10.0 Å². The Kier molecular flexibility index (Phi) is 6.17. The van der Waals surface area contributed by atoms with E-state index in [9.17, 15) is 23.3 Å². The van der Waals surface area contributed by atoms with Gasteiger partial charge in [0.2, 0.25) is 0 Å². The van der Waals surface area contributed by atoms with Crippen molar-refractivity contribution in [1.82, 2.24) is 5.32 Å². The average molecular weight is 391 g/mol. The van der Waals surface area contributed by atoms with Crippen LogP contribution in [0, 0.1) is 17.0 Å². The highest BCUT2D eigenvalue weighted by Crippen LogP contribution is 2.25. The summed E-state index contributed by atoms with van der Waals surface area (Å²) in [7, 11) is -4.12. The van der Waals surface area contributed by atoms with E-state index in [1.54, 1.807) is 19.1 Å². The molecular weight excluding hydrogens is 370 g/mol. The van der Waals surface area contributed by atoms with Gasteiger partial charge in [0.05, 0.1) is 21.1 Å². The largest absolute Gasteiger partial charge is 0.350 e. The van der Waals surface area contributed by atoms with Crippen molar-refractivity contribution in [3.05, 3.63) is 63.7 Å². The van der Waals surface area contributed by atoms with E-state index in [-0.39, 0.29) is 27.9 Å². The van der Waals surface area contributed by atoms with E-state index in [1.807, 2.05) is 13.8 Å². The van der Waals surface area contributed by atoms with Crippen molar-refractivity contribution >= 4 is 27.3 Å². The first-order valence-corrected chi connectivity index (χ1v) is 9.81. The molecule has 0 radical (unpaired) electrons. The smallest absolute Gasteiger partial charge is 0.270 e. The van der Waals surface area contributed by atoms with Crippen LogP contribution in [0.4, 0.5) is 11.4 Å². The molecule has 1 atom stereocenters. The number of nitrogens with one attached hydrogen (secondary N) is 2. The quantitative estimate of drug-likeness (QED) is 0.555. The molecule has 2 N–H and O–H groups in total. The van der Waals surface area contributed by atoms with Gasteiger partial charge in [-0.2, -0.15) is 0 Å². The molecule has 2 rings (SSSR count). The second-order valence-electron chi connectivity index (χ2n) is 6.14. The fourth-order valence-corrected chi connectivity index (χ4v) is 3.71. The van der Waals surface area contributed by atoms with Crippen LogP contribution in [0.15, 0.2) is 47.4 Å². The second kappa shape index (κ2) is 8.17. The summed E-state index contributed by atoms with van der Waals surface area (Å²) in [6, 6.07) is 9.74. The molecule has 1 amide bonds. The van der Waals surface area contributed by atoms with Crippen molar-refractivity contribution in [2.24, 2.45) is 0 Å². The Morgan fingerprint density at radius 2 is 1.89 bits per heavy atom. The first-order valence-electron chi connectivity index (χ1n) is 8.33. The number of benzene rings is 2. The second-order valence-corrected chi connectivity index (χ2v) is 7.79. The number of sulfonamides is 1. The topological polar surface area (TPSA) is 118 Å². The molecule has 0 aromatic heterocycles. The third kappa shape index (κ3) is 4.82. The molecule has 8 nitrogen and oxygen atoms in total. The summed E-state index contributed by atoms with van der Waals surface area (Å²) < 4.78 is 27.9. The van der Waals surface area contributed by atoms with Gasteiger partial charge in [0.1, 0.15) is 0 Å². The first kappa shape index (κ1) is 20.4. The highest BCUT2D eigenvalue weighted by molar-refractivity contribution is 7.92. The Bertz CT molecular complexity index is 973. The van der Waals surface area contributed by atoms with Gasteiger partial charge in [-0.15, -0.1) is 0 Å². The van der Waals surface area contributed by atoms with Gasteiger partial charge in [0.25, 0.3) is 21.6 Å². The number of carbonyl (C=O) groups is 1. The standard InChI is InChI=1S/C18H21N3O5S/c1-4-13(3)19-18(22)15-7-5-6-8-16(15)20-27(25,26)17-11-14(21(23)24)10-9-12(17)2/h5-11,13,20H,4H2,1-3H3,(H,19,22)/t13-/m0/s1. The zero-order chi connectivity index (χ0) is 20.2. The summed E-state index contributed by atoms with van der Waals surface area (Å²) in [5, 5.41) is 13.7. The van der Waals surface area contributed by atoms with Crippen molar-refractivity contribution in [3.63, 3.8) is 0 Å². The lowest BCUT2D eigenvalue weighted by atomic mass is 10.1. The lowest BCUT2D eigenvalue weighted by Crippen LogP contribution is -2.32. The summed E-state index contributed by atoms with van der Waals surface area (Å²) >= 11 is 0. The number of para-hydroxylation sites is 1. The number of hydrogen-bond acceptors (Lipinski definition) is 5. The molecule has 0 saturated heterocycles. The number of hydrogen-bond donors (Lipinski definition) is 2. The molecule has 2 aromatic rings. The van der Waals surface area contributed by atoms with E-state index in [0.29, 0.717) is 5.56 Å². The van der Waals surface area contributed by atoms with Crippen molar-refractivity contribution in [1.29, 1.82) is 0 Å². The molecule has 0 spiro atoms. The Balaban J connectivity index is 2.41. The number of anilines is 1. The minimum absolute atomic E-state index is 0.0684. The third-order valence-electron chi connectivity index (χ3n) is 4.08. The van der Waals surface area contributed by atoms with Crippen LogP contribution in [0.2, 0.25) is 0 Å². The maximum Gasteiger partial charge on any atom is 0.270 e. The number of nitrogens with zero attached hydrogens (tertiary/aromatic N) is 1. The van der Waals surface area contributed by atoms with E-state index >= 15 is 0 Å². The maximum absolute atomic E-state index is 12.8. The summed E-state index contributed by atoms with van der Waals surface area (Å²) in [4.78, 5) is 22.5. The summed E-state index contributed by atoms with van der Waals surface area (Å²) in [6.45, 7) is 5.31. The van der Waals surface area contributed by atoms with E-state index in [1.165, 1.54) is 24.3 Å². The van der Waals surface area contributed by atoms with Crippen molar-refractivity contribution in [2.45, 2.75) is 38.1 Å². The van der Waals surface area contributed by atoms with Crippen LogP contribution in [-0.2, 0) is 10.0 Å². The van der Waals surface area contributed by atoms with Gasteiger partial charge in [-0.3, -0.25) is 19.6 Å². The molecule has 144 valence electrons. The van der Waals surface area contributed by atoms with Crippen molar-refractivity contribution in [2.75, 3.05) is 4.72 Å². The van der Waals surface area contributed by atoms with E-state index in [2.05, 4.69) is 10.0 Å². The van der Waals surface area contributed by atoms with Crippen LogP contribution in [-0.4, -0.2) is 25.3 Å². The molecule has 0 aliphatic carbocycles. The van der Waals surface area contributed by atoms with Gasteiger partial charge in [-0.05, 0) is 38.0 Å². The van der Waals surface area contributed by atoms with Gasteiger partial charge in [-0.25, -0.2) is 8.42 Å². The Labute approximate surface area is 157 Å². The molecule has 0 aliphatic rings. The molecule has 0 unspecified atom stereocenters. The molecule has 0 bridgehead atoms. The number of carbonyl (C=O) groups excluding carboxylic acids is 1. The maximum atomic E-state index is 12.8. The molecule has 0 fully saturated rings. The lowest BCUT2D eigenvalue weighted by molar-refractivity contribution is -0.385. The highest BCUT2D eigenvalue weighted by Gasteiger charge is 2.23. The molecule has 0 aliphatic heterocycles. The fourth-order valence-electron chi connectivity index (χ4n) is 2.37. The number of aryl methyl sites for hydroxylation is 1. The summed E-state index contributed by atoms with van der Waals surface area (Å²) in [5.41, 5.74) is 0.298. The first-order chi connectivity index (χ1) is 12.7. The van der Waals surface area contributed by atoms with Gasteiger partial charge in [-0.1, -0.05) is 25.1 Å². The molecule has 9 heteroatoms. The average Bonchev–Trinajstić information content (AvgIpc) is 2.61. The number of nitro benzene ring substituents is 1. The van der Waals surface area contributed by atoms with Gasteiger partial charge in [0, 0.05) is 18.2 Å². The zero-order valence-corrected chi connectivity index (χ0v) is 16.0. The zero-order valence-electron chi connectivity index (χ0n) is 15.2. The van der Waals surface area contributed by atoms with E-state index < -0.39 is 20.9 Å². The Hall–Kier alpha value is -2.94. The van der Waals surface area contributed by atoms with Crippen LogP contribution in [0.1, 0.15) is 36.2 Å². The van der Waals surface area contributed by atoms with Gasteiger partial charge in [0.15, 0.2) is 0 Å². The monoisotopic (exact) mass is 391 g/mol. The van der Waals surface area contributed by atoms with E-state index in [4.69, 9.17) is 0 Å².